The summed E-state index contributed by atoms with van der Waals surface area (Å²) in [6.45, 7) is 4.87. The molecule has 0 aromatic heterocycles. The van der Waals surface area contributed by atoms with Gasteiger partial charge in [-0.25, -0.2) is 0 Å². The van der Waals surface area contributed by atoms with Crippen molar-refractivity contribution in [3.63, 3.8) is 0 Å². The standard InChI is InChI=1S/C17H14BrClO2/c1-17(2)9-21-15-6-4-10(7-12(15)17)16(20)11-3-5-13(18)14(19)8-11/h3-8H,9H2,1-2H3. The van der Waals surface area contributed by atoms with Crippen LogP contribution in [-0.2, 0) is 5.41 Å². The number of hydrogen-bond acceptors (Lipinski definition) is 2. The molecule has 0 saturated heterocycles. The Morgan fingerprint density at radius 2 is 1.86 bits per heavy atom. The van der Waals surface area contributed by atoms with Crippen molar-refractivity contribution in [2.45, 2.75) is 19.3 Å². The normalized spacial score (nSPS) is 15.4. The van der Waals surface area contributed by atoms with Crippen LogP contribution in [0.3, 0.4) is 0 Å². The van der Waals surface area contributed by atoms with E-state index in [0.29, 0.717) is 22.8 Å². The van der Waals surface area contributed by atoms with Gasteiger partial charge in [-0.15, -0.1) is 0 Å². The number of ketones is 1. The average molecular weight is 366 g/mol. The summed E-state index contributed by atoms with van der Waals surface area (Å²) >= 11 is 9.40. The maximum atomic E-state index is 12.6. The lowest BCUT2D eigenvalue weighted by atomic mass is 9.85. The van der Waals surface area contributed by atoms with Gasteiger partial charge in [0.1, 0.15) is 5.75 Å². The molecule has 0 radical (unpaired) electrons. The molecule has 2 nitrogen and oxygen atoms in total. The third-order valence-corrected chi connectivity index (χ3v) is 4.97. The van der Waals surface area contributed by atoms with Crippen molar-refractivity contribution in [3.05, 3.63) is 62.6 Å². The van der Waals surface area contributed by atoms with Crippen molar-refractivity contribution in [3.8, 4) is 5.75 Å². The molecule has 0 atom stereocenters. The molecule has 3 rings (SSSR count). The van der Waals surface area contributed by atoms with E-state index in [1.807, 2.05) is 12.1 Å². The summed E-state index contributed by atoms with van der Waals surface area (Å²) in [4.78, 5) is 12.6. The first-order valence-electron chi connectivity index (χ1n) is 6.65. The molecule has 0 spiro atoms. The van der Waals surface area contributed by atoms with Crippen LogP contribution in [0.2, 0.25) is 5.02 Å². The fraction of sp³-hybridized carbons (Fsp3) is 0.235. The van der Waals surface area contributed by atoms with E-state index < -0.39 is 0 Å². The number of benzene rings is 2. The van der Waals surface area contributed by atoms with E-state index >= 15 is 0 Å². The van der Waals surface area contributed by atoms with Crippen molar-refractivity contribution in [1.29, 1.82) is 0 Å². The third kappa shape index (κ3) is 2.60. The Morgan fingerprint density at radius 3 is 2.57 bits per heavy atom. The predicted octanol–water partition coefficient (Wildman–Crippen LogP) is 5.00. The van der Waals surface area contributed by atoms with Gasteiger partial charge in [0, 0.05) is 26.6 Å². The van der Waals surface area contributed by atoms with Crippen molar-refractivity contribution in [2.24, 2.45) is 0 Å². The van der Waals surface area contributed by atoms with Crippen molar-refractivity contribution >= 4 is 33.3 Å². The third-order valence-electron chi connectivity index (χ3n) is 3.74. The molecule has 0 bridgehead atoms. The highest BCUT2D eigenvalue weighted by molar-refractivity contribution is 9.10. The van der Waals surface area contributed by atoms with E-state index in [1.165, 1.54) is 0 Å². The summed E-state index contributed by atoms with van der Waals surface area (Å²) in [6.07, 6.45) is 0. The second-order valence-electron chi connectivity index (χ2n) is 5.84. The highest BCUT2D eigenvalue weighted by Gasteiger charge is 2.32. The van der Waals surface area contributed by atoms with Crippen LogP contribution >= 0.6 is 27.5 Å². The van der Waals surface area contributed by atoms with Crippen LogP contribution in [0.15, 0.2) is 40.9 Å². The molecule has 2 aromatic carbocycles. The number of rotatable bonds is 2. The number of hydrogen-bond donors (Lipinski definition) is 0. The lowest BCUT2D eigenvalue weighted by Gasteiger charge is -2.15. The van der Waals surface area contributed by atoms with Crippen LogP contribution in [0.4, 0.5) is 0 Å². The van der Waals surface area contributed by atoms with Crippen molar-refractivity contribution < 1.29 is 9.53 Å². The molecule has 108 valence electrons. The molecule has 4 heteroatoms. The molecular weight excluding hydrogens is 352 g/mol. The molecule has 0 saturated carbocycles. The Hall–Kier alpha value is -1.32. The van der Waals surface area contributed by atoms with E-state index in [0.717, 1.165) is 15.8 Å². The quantitative estimate of drug-likeness (QED) is 0.700. The summed E-state index contributed by atoms with van der Waals surface area (Å²) in [6, 6.07) is 10.9. The molecule has 0 aliphatic carbocycles. The second kappa shape index (κ2) is 5.15. The Labute approximate surface area is 137 Å². The molecule has 1 heterocycles. The number of fused-ring (bicyclic) bond motifs is 1. The molecule has 1 aliphatic heterocycles. The minimum Gasteiger partial charge on any atom is -0.492 e. The summed E-state index contributed by atoms with van der Waals surface area (Å²) < 4.78 is 6.43. The smallest absolute Gasteiger partial charge is 0.193 e. The van der Waals surface area contributed by atoms with Crippen LogP contribution in [0.5, 0.6) is 5.75 Å². The molecular formula is C17H14BrClO2. The zero-order valence-corrected chi connectivity index (χ0v) is 14.1. The topological polar surface area (TPSA) is 26.3 Å². The van der Waals surface area contributed by atoms with Gasteiger partial charge in [-0.05, 0) is 52.3 Å². The molecule has 0 N–H and O–H groups in total. The lowest BCUT2D eigenvalue weighted by molar-refractivity contribution is 0.103. The highest BCUT2D eigenvalue weighted by atomic mass is 79.9. The van der Waals surface area contributed by atoms with Crippen molar-refractivity contribution in [2.75, 3.05) is 6.61 Å². The molecule has 2 aromatic rings. The van der Waals surface area contributed by atoms with Gasteiger partial charge < -0.3 is 4.74 Å². The second-order valence-corrected chi connectivity index (χ2v) is 7.10. The van der Waals surface area contributed by atoms with Crippen LogP contribution in [0, 0.1) is 0 Å². The number of halogens is 2. The Bertz CT molecular complexity index is 738. The van der Waals surface area contributed by atoms with Gasteiger partial charge in [-0.3, -0.25) is 4.79 Å². The summed E-state index contributed by atoms with van der Waals surface area (Å²) in [5, 5.41) is 0.533. The zero-order chi connectivity index (χ0) is 15.2. The largest absolute Gasteiger partial charge is 0.492 e. The maximum Gasteiger partial charge on any atom is 0.193 e. The fourth-order valence-corrected chi connectivity index (χ4v) is 2.89. The minimum absolute atomic E-state index is 0.0325. The van der Waals surface area contributed by atoms with Crippen LogP contribution in [0.25, 0.3) is 0 Å². The van der Waals surface area contributed by atoms with E-state index in [4.69, 9.17) is 16.3 Å². The zero-order valence-electron chi connectivity index (χ0n) is 11.7. The van der Waals surface area contributed by atoms with Gasteiger partial charge in [0.2, 0.25) is 0 Å². The van der Waals surface area contributed by atoms with E-state index in [1.54, 1.807) is 24.3 Å². The number of carbonyl (C=O) groups is 1. The van der Waals surface area contributed by atoms with Crippen LogP contribution in [0.1, 0.15) is 35.3 Å². The number of ether oxygens (including phenoxy) is 1. The van der Waals surface area contributed by atoms with Crippen LogP contribution in [-0.4, -0.2) is 12.4 Å². The summed E-state index contributed by atoms with van der Waals surface area (Å²) in [5.74, 6) is 0.834. The van der Waals surface area contributed by atoms with Gasteiger partial charge in [0.25, 0.3) is 0 Å². The molecule has 1 aliphatic rings. The molecule has 0 amide bonds. The molecule has 0 unspecified atom stereocenters. The van der Waals surface area contributed by atoms with E-state index in [-0.39, 0.29) is 11.2 Å². The molecule has 21 heavy (non-hydrogen) atoms. The van der Waals surface area contributed by atoms with E-state index in [9.17, 15) is 4.79 Å². The van der Waals surface area contributed by atoms with Gasteiger partial charge >= 0.3 is 0 Å². The first-order chi connectivity index (χ1) is 9.88. The van der Waals surface area contributed by atoms with Crippen molar-refractivity contribution in [1.82, 2.24) is 0 Å². The van der Waals surface area contributed by atoms with E-state index in [2.05, 4.69) is 29.8 Å². The monoisotopic (exact) mass is 364 g/mol. The van der Waals surface area contributed by atoms with Gasteiger partial charge in [-0.1, -0.05) is 25.4 Å². The van der Waals surface area contributed by atoms with Gasteiger partial charge in [0.05, 0.1) is 11.6 Å². The first-order valence-corrected chi connectivity index (χ1v) is 7.83. The minimum atomic E-state index is -0.0665. The SMILES string of the molecule is CC1(C)COc2ccc(C(=O)c3ccc(Br)c(Cl)c3)cc21. The lowest BCUT2D eigenvalue weighted by Crippen LogP contribution is -2.18. The summed E-state index contributed by atoms with van der Waals surface area (Å²) in [7, 11) is 0. The van der Waals surface area contributed by atoms with Crippen LogP contribution < -0.4 is 4.74 Å². The Morgan fingerprint density at radius 1 is 1.19 bits per heavy atom. The maximum absolute atomic E-state index is 12.6. The Balaban J connectivity index is 2.01. The average Bonchev–Trinajstić information content (AvgIpc) is 2.76. The predicted molar refractivity (Wildman–Crippen MR) is 87.5 cm³/mol. The Kier molecular flexibility index (Phi) is 3.58. The summed E-state index contributed by atoms with van der Waals surface area (Å²) in [5.41, 5.74) is 2.25. The fourth-order valence-electron chi connectivity index (χ4n) is 2.47. The van der Waals surface area contributed by atoms with Gasteiger partial charge in [-0.2, -0.15) is 0 Å². The first kappa shape index (κ1) is 14.6. The highest BCUT2D eigenvalue weighted by Crippen LogP contribution is 2.39. The molecule has 0 fully saturated rings. The van der Waals surface area contributed by atoms with Gasteiger partial charge in [0.15, 0.2) is 5.78 Å². The number of carbonyl (C=O) groups excluding carboxylic acids is 1.